The van der Waals surface area contributed by atoms with Crippen molar-refractivity contribution in [3.05, 3.63) is 0 Å². The molecule has 0 bridgehead atoms. The van der Waals surface area contributed by atoms with Crippen molar-refractivity contribution < 1.29 is 5.11 Å². The van der Waals surface area contributed by atoms with Crippen LogP contribution in [-0.4, -0.2) is 35.2 Å². The minimum atomic E-state index is -0.0962. The summed E-state index contributed by atoms with van der Waals surface area (Å²) < 4.78 is 0. The summed E-state index contributed by atoms with van der Waals surface area (Å²) in [7, 11) is 0. The number of aliphatic hydroxyl groups excluding tert-OH is 1. The number of likely N-dealkylation sites (tertiary alicyclic amines) is 1. The largest absolute Gasteiger partial charge is 0.392 e. The second-order valence-corrected chi connectivity index (χ2v) is 4.04. The van der Waals surface area contributed by atoms with Gasteiger partial charge >= 0.3 is 0 Å². The predicted molar refractivity (Wildman–Crippen MR) is 46.5 cm³/mol. The Morgan fingerprint density at radius 2 is 2.00 bits per heavy atom. The van der Waals surface area contributed by atoms with E-state index in [-0.39, 0.29) is 6.10 Å². The number of nitrogens with zero attached hydrogens (tertiary/aromatic N) is 1. The lowest BCUT2D eigenvalue weighted by molar-refractivity contribution is 0.0295. The van der Waals surface area contributed by atoms with Crippen LogP contribution in [0.3, 0.4) is 0 Å². The zero-order valence-electron chi connectivity index (χ0n) is 7.75. The van der Waals surface area contributed by atoms with Gasteiger partial charge in [0.2, 0.25) is 0 Å². The van der Waals surface area contributed by atoms with Gasteiger partial charge in [-0.2, -0.15) is 0 Å². The van der Waals surface area contributed by atoms with E-state index < -0.39 is 0 Å². The highest BCUT2D eigenvalue weighted by Gasteiger charge is 2.24. The Bertz CT molecular complexity index is 115. The SMILES string of the molecule is CC(C)N1C[C@H](C)C[C@@H](O)C1. The van der Waals surface area contributed by atoms with Gasteiger partial charge in [-0.25, -0.2) is 0 Å². The van der Waals surface area contributed by atoms with E-state index in [1.54, 1.807) is 0 Å². The van der Waals surface area contributed by atoms with Crippen molar-refractivity contribution in [1.82, 2.24) is 4.90 Å². The minimum Gasteiger partial charge on any atom is -0.392 e. The quantitative estimate of drug-likeness (QED) is 0.616. The standard InChI is InChI=1S/C9H19NO/c1-7(2)10-5-8(3)4-9(11)6-10/h7-9,11H,4-6H2,1-3H3/t8-,9-/m1/s1. The van der Waals surface area contributed by atoms with Gasteiger partial charge in [0, 0.05) is 19.1 Å². The molecule has 0 amide bonds. The van der Waals surface area contributed by atoms with Crippen molar-refractivity contribution in [3.63, 3.8) is 0 Å². The third-order valence-electron chi connectivity index (χ3n) is 2.40. The Hall–Kier alpha value is -0.0800. The Balaban J connectivity index is 2.43. The molecule has 2 atom stereocenters. The van der Waals surface area contributed by atoms with Crippen molar-refractivity contribution in [2.24, 2.45) is 5.92 Å². The third-order valence-corrected chi connectivity index (χ3v) is 2.40. The molecule has 0 saturated carbocycles. The normalized spacial score (nSPS) is 34.6. The molecule has 1 saturated heterocycles. The van der Waals surface area contributed by atoms with E-state index >= 15 is 0 Å². The molecule has 0 spiro atoms. The molecule has 2 nitrogen and oxygen atoms in total. The molecule has 11 heavy (non-hydrogen) atoms. The molecule has 1 rings (SSSR count). The van der Waals surface area contributed by atoms with E-state index in [0.717, 1.165) is 19.5 Å². The average Bonchev–Trinajstić information content (AvgIpc) is 1.85. The van der Waals surface area contributed by atoms with E-state index in [2.05, 4.69) is 25.7 Å². The number of hydrogen-bond donors (Lipinski definition) is 1. The molecule has 1 N–H and O–H groups in total. The van der Waals surface area contributed by atoms with Crippen molar-refractivity contribution in [2.45, 2.75) is 39.3 Å². The van der Waals surface area contributed by atoms with Crippen LogP contribution in [-0.2, 0) is 0 Å². The summed E-state index contributed by atoms with van der Waals surface area (Å²) in [5, 5.41) is 9.46. The van der Waals surface area contributed by atoms with E-state index in [1.807, 2.05) is 0 Å². The molecule has 0 aromatic carbocycles. The second kappa shape index (κ2) is 3.55. The van der Waals surface area contributed by atoms with Crippen molar-refractivity contribution in [3.8, 4) is 0 Å². The van der Waals surface area contributed by atoms with Gasteiger partial charge in [-0.3, -0.25) is 4.90 Å². The summed E-state index contributed by atoms with van der Waals surface area (Å²) in [6, 6.07) is 0.576. The van der Waals surface area contributed by atoms with Crippen molar-refractivity contribution in [1.29, 1.82) is 0 Å². The maximum atomic E-state index is 9.46. The molecule has 1 aliphatic rings. The molecule has 0 aromatic rings. The van der Waals surface area contributed by atoms with Crippen LogP contribution in [0.2, 0.25) is 0 Å². The molecule has 1 heterocycles. The van der Waals surface area contributed by atoms with E-state index in [1.165, 1.54) is 0 Å². The molecule has 1 aliphatic heterocycles. The van der Waals surface area contributed by atoms with Gasteiger partial charge in [0.05, 0.1) is 6.10 Å². The molecule has 0 radical (unpaired) electrons. The van der Waals surface area contributed by atoms with Gasteiger partial charge in [0.1, 0.15) is 0 Å². The first kappa shape index (κ1) is 9.01. The number of β-amino-alcohol motifs (C(OH)–C–C–N with tert-alkyl or cyclic N) is 1. The molecule has 2 heteroatoms. The summed E-state index contributed by atoms with van der Waals surface area (Å²) in [6.45, 7) is 8.59. The number of hydrogen-bond acceptors (Lipinski definition) is 2. The molecular formula is C9H19NO. The van der Waals surface area contributed by atoms with Gasteiger partial charge in [-0.1, -0.05) is 6.92 Å². The van der Waals surface area contributed by atoms with E-state index in [4.69, 9.17) is 0 Å². The first-order valence-corrected chi connectivity index (χ1v) is 4.51. The van der Waals surface area contributed by atoms with Gasteiger partial charge < -0.3 is 5.11 Å². The van der Waals surface area contributed by atoms with E-state index in [9.17, 15) is 5.11 Å². The summed E-state index contributed by atoms with van der Waals surface area (Å²) in [5.41, 5.74) is 0. The summed E-state index contributed by atoms with van der Waals surface area (Å²) in [5.74, 6) is 0.654. The zero-order chi connectivity index (χ0) is 8.43. The second-order valence-electron chi connectivity index (χ2n) is 4.04. The lowest BCUT2D eigenvalue weighted by atomic mass is 9.97. The molecule has 1 fully saturated rings. The van der Waals surface area contributed by atoms with Crippen LogP contribution in [0.25, 0.3) is 0 Å². The van der Waals surface area contributed by atoms with Crippen LogP contribution in [0.15, 0.2) is 0 Å². The van der Waals surface area contributed by atoms with Crippen LogP contribution in [0, 0.1) is 5.92 Å². The maximum absolute atomic E-state index is 9.46. The van der Waals surface area contributed by atoms with Gasteiger partial charge in [-0.05, 0) is 26.2 Å². The Morgan fingerprint density at radius 1 is 1.36 bits per heavy atom. The fourth-order valence-electron chi connectivity index (χ4n) is 1.78. The fraction of sp³-hybridized carbons (Fsp3) is 1.00. The Kier molecular flexibility index (Phi) is 2.90. The molecule has 0 aromatic heterocycles. The number of aliphatic hydroxyl groups is 1. The summed E-state index contributed by atoms with van der Waals surface area (Å²) >= 11 is 0. The van der Waals surface area contributed by atoms with Crippen molar-refractivity contribution in [2.75, 3.05) is 13.1 Å². The number of rotatable bonds is 1. The first-order chi connectivity index (χ1) is 5.09. The highest BCUT2D eigenvalue weighted by molar-refractivity contribution is 4.78. The smallest absolute Gasteiger partial charge is 0.0670 e. The van der Waals surface area contributed by atoms with Gasteiger partial charge in [-0.15, -0.1) is 0 Å². The van der Waals surface area contributed by atoms with Crippen LogP contribution >= 0.6 is 0 Å². The molecule has 0 aliphatic carbocycles. The zero-order valence-corrected chi connectivity index (χ0v) is 7.75. The number of piperidine rings is 1. The first-order valence-electron chi connectivity index (χ1n) is 4.51. The lowest BCUT2D eigenvalue weighted by Gasteiger charge is -2.36. The lowest BCUT2D eigenvalue weighted by Crippen LogP contribution is -2.45. The molecular weight excluding hydrogens is 138 g/mol. The topological polar surface area (TPSA) is 23.5 Å². The van der Waals surface area contributed by atoms with Crippen LogP contribution in [0.1, 0.15) is 27.2 Å². The molecule has 66 valence electrons. The van der Waals surface area contributed by atoms with Crippen LogP contribution in [0.4, 0.5) is 0 Å². The van der Waals surface area contributed by atoms with Crippen LogP contribution in [0.5, 0.6) is 0 Å². The van der Waals surface area contributed by atoms with Crippen molar-refractivity contribution >= 4 is 0 Å². The monoisotopic (exact) mass is 157 g/mol. The highest BCUT2D eigenvalue weighted by Crippen LogP contribution is 2.17. The van der Waals surface area contributed by atoms with Gasteiger partial charge in [0.25, 0.3) is 0 Å². The summed E-state index contributed by atoms with van der Waals surface area (Å²) in [6.07, 6.45) is 0.879. The van der Waals surface area contributed by atoms with E-state index in [0.29, 0.717) is 12.0 Å². The minimum absolute atomic E-state index is 0.0962. The fourth-order valence-corrected chi connectivity index (χ4v) is 1.78. The van der Waals surface area contributed by atoms with Gasteiger partial charge in [0.15, 0.2) is 0 Å². The Labute approximate surface area is 69.2 Å². The Morgan fingerprint density at radius 3 is 2.45 bits per heavy atom. The third kappa shape index (κ3) is 2.46. The maximum Gasteiger partial charge on any atom is 0.0670 e. The predicted octanol–water partition coefficient (Wildman–Crippen LogP) is 1.10. The average molecular weight is 157 g/mol. The highest BCUT2D eigenvalue weighted by atomic mass is 16.3. The van der Waals surface area contributed by atoms with Crippen LogP contribution < -0.4 is 0 Å². The molecule has 0 unspecified atom stereocenters. The summed E-state index contributed by atoms with van der Waals surface area (Å²) in [4.78, 5) is 2.35.